The van der Waals surface area contributed by atoms with Gasteiger partial charge in [0.25, 0.3) is 0 Å². The maximum absolute atomic E-state index is 4.49. The van der Waals surface area contributed by atoms with Crippen LogP contribution in [0.3, 0.4) is 0 Å². The van der Waals surface area contributed by atoms with Crippen molar-refractivity contribution in [3.63, 3.8) is 0 Å². The normalized spacial score (nSPS) is 19.8. The van der Waals surface area contributed by atoms with Gasteiger partial charge in [-0.2, -0.15) is 5.10 Å². The molecule has 0 aromatic carbocycles. The van der Waals surface area contributed by atoms with Crippen molar-refractivity contribution in [2.45, 2.75) is 39.8 Å². The maximum atomic E-state index is 4.49. The Bertz CT molecular complexity index is 578. The summed E-state index contributed by atoms with van der Waals surface area (Å²) in [7, 11) is 0. The van der Waals surface area contributed by atoms with Gasteiger partial charge in [0.2, 0.25) is 0 Å². The van der Waals surface area contributed by atoms with E-state index in [4.69, 9.17) is 0 Å². The number of aryl methyl sites for hydroxylation is 2. The van der Waals surface area contributed by atoms with Crippen LogP contribution in [0, 0.1) is 19.8 Å². The molecule has 1 atom stereocenters. The summed E-state index contributed by atoms with van der Waals surface area (Å²) in [5.41, 5.74) is 1.30. The molecule has 5 nitrogen and oxygen atoms in total. The molecule has 0 amide bonds. The maximum Gasteiger partial charge on any atom is 0.147 e. The second-order valence-electron chi connectivity index (χ2n) is 5.99. The standard InChI is InChI=1S/C16H23N5/c1-13-18-14(2)21(19-13)12-16-6-4-8-20(11-16)10-15-5-3-7-17-9-15/h3,5,7,9,16H,4,6,8,10-12H2,1-2H3/t16-/m0/s1. The highest BCUT2D eigenvalue weighted by Crippen LogP contribution is 2.20. The molecule has 5 heteroatoms. The summed E-state index contributed by atoms with van der Waals surface area (Å²) < 4.78 is 2.06. The van der Waals surface area contributed by atoms with Crippen molar-refractivity contribution in [1.29, 1.82) is 0 Å². The van der Waals surface area contributed by atoms with Gasteiger partial charge in [-0.15, -0.1) is 0 Å². The van der Waals surface area contributed by atoms with Crippen LogP contribution in [0.25, 0.3) is 0 Å². The molecule has 1 fully saturated rings. The second kappa shape index (κ2) is 6.35. The average molecular weight is 285 g/mol. The molecule has 1 saturated heterocycles. The SMILES string of the molecule is Cc1nc(C)n(C[C@H]2CCCN(Cc3cccnc3)C2)n1. The average Bonchev–Trinajstić information content (AvgIpc) is 2.78. The molecule has 1 aliphatic rings. The lowest BCUT2D eigenvalue weighted by Gasteiger charge is -2.32. The van der Waals surface area contributed by atoms with Gasteiger partial charge >= 0.3 is 0 Å². The molecule has 0 bridgehead atoms. The number of hydrogen-bond donors (Lipinski definition) is 0. The summed E-state index contributed by atoms with van der Waals surface area (Å²) in [6.07, 6.45) is 6.34. The molecule has 0 N–H and O–H groups in total. The first-order valence-electron chi connectivity index (χ1n) is 7.70. The van der Waals surface area contributed by atoms with Gasteiger partial charge in [-0.1, -0.05) is 6.07 Å². The summed E-state index contributed by atoms with van der Waals surface area (Å²) >= 11 is 0. The molecular formula is C16H23N5. The lowest BCUT2D eigenvalue weighted by Crippen LogP contribution is -2.36. The fraction of sp³-hybridized carbons (Fsp3) is 0.562. The van der Waals surface area contributed by atoms with E-state index in [9.17, 15) is 0 Å². The van der Waals surface area contributed by atoms with Crippen LogP contribution < -0.4 is 0 Å². The van der Waals surface area contributed by atoms with Crippen LogP contribution in [0.1, 0.15) is 30.1 Å². The third-order valence-electron chi connectivity index (χ3n) is 4.13. The second-order valence-corrected chi connectivity index (χ2v) is 5.99. The molecule has 0 spiro atoms. The Labute approximate surface area is 126 Å². The van der Waals surface area contributed by atoms with Gasteiger partial charge in [0.05, 0.1) is 0 Å². The van der Waals surface area contributed by atoms with Crippen LogP contribution in [0.4, 0.5) is 0 Å². The van der Waals surface area contributed by atoms with Crippen LogP contribution in [-0.2, 0) is 13.1 Å². The van der Waals surface area contributed by atoms with Crippen molar-refractivity contribution in [1.82, 2.24) is 24.6 Å². The molecule has 0 unspecified atom stereocenters. The van der Waals surface area contributed by atoms with Crippen LogP contribution in [-0.4, -0.2) is 37.7 Å². The van der Waals surface area contributed by atoms with E-state index in [-0.39, 0.29) is 0 Å². The van der Waals surface area contributed by atoms with Crippen LogP contribution in [0.2, 0.25) is 0 Å². The van der Waals surface area contributed by atoms with Crippen LogP contribution in [0.5, 0.6) is 0 Å². The predicted molar refractivity (Wildman–Crippen MR) is 81.7 cm³/mol. The molecule has 1 aliphatic heterocycles. The first-order valence-corrected chi connectivity index (χ1v) is 7.70. The van der Waals surface area contributed by atoms with E-state index in [1.54, 1.807) is 0 Å². The van der Waals surface area contributed by atoms with E-state index >= 15 is 0 Å². The Hall–Kier alpha value is -1.75. The molecule has 2 aromatic heterocycles. The lowest BCUT2D eigenvalue weighted by atomic mass is 9.97. The number of rotatable bonds is 4. The Morgan fingerprint density at radius 2 is 2.24 bits per heavy atom. The molecule has 0 radical (unpaired) electrons. The quantitative estimate of drug-likeness (QED) is 0.864. The zero-order valence-corrected chi connectivity index (χ0v) is 12.9. The number of nitrogens with zero attached hydrogens (tertiary/aromatic N) is 5. The molecule has 3 heterocycles. The fourth-order valence-corrected chi connectivity index (χ4v) is 3.17. The summed E-state index contributed by atoms with van der Waals surface area (Å²) in [5.74, 6) is 2.56. The fourth-order valence-electron chi connectivity index (χ4n) is 3.17. The number of pyridine rings is 1. The Morgan fingerprint density at radius 1 is 1.33 bits per heavy atom. The van der Waals surface area contributed by atoms with Crippen LogP contribution >= 0.6 is 0 Å². The van der Waals surface area contributed by atoms with Gasteiger partial charge in [-0.05, 0) is 50.8 Å². The van der Waals surface area contributed by atoms with Gasteiger partial charge in [0.15, 0.2) is 0 Å². The van der Waals surface area contributed by atoms with Gasteiger partial charge in [0, 0.05) is 32.0 Å². The zero-order valence-electron chi connectivity index (χ0n) is 12.9. The van der Waals surface area contributed by atoms with Crippen LogP contribution in [0.15, 0.2) is 24.5 Å². The number of hydrogen-bond acceptors (Lipinski definition) is 4. The number of aromatic nitrogens is 4. The lowest BCUT2D eigenvalue weighted by molar-refractivity contribution is 0.152. The molecule has 21 heavy (non-hydrogen) atoms. The van der Waals surface area contributed by atoms with Gasteiger partial charge < -0.3 is 0 Å². The summed E-state index contributed by atoms with van der Waals surface area (Å²) in [4.78, 5) is 11.1. The Balaban J connectivity index is 1.59. The van der Waals surface area contributed by atoms with Crippen molar-refractivity contribution < 1.29 is 0 Å². The van der Waals surface area contributed by atoms with Gasteiger partial charge in [-0.3, -0.25) is 9.88 Å². The third-order valence-corrected chi connectivity index (χ3v) is 4.13. The molecule has 0 saturated carbocycles. The molecular weight excluding hydrogens is 262 g/mol. The van der Waals surface area contributed by atoms with Crippen molar-refractivity contribution in [2.24, 2.45) is 5.92 Å². The molecule has 3 rings (SSSR count). The van der Waals surface area contributed by atoms with Gasteiger partial charge in [-0.25, -0.2) is 9.67 Å². The first-order chi connectivity index (χ1) is 10.2. The number of likely N-dealkylation sites (tertiary alicyclic amines) is 1. The third kappa shape index (κ3) is 3.67. The van der Waals surface area contributed by atoms with Crippen molar-refractivity contribution in [2.75, 3.05) is 13.1 Å². The van der Waals surface area contributed by atoms with E-state index in [1.807, 2.05) is 32.3 Å². The highest BCUT2D eigenvalue weighted by Gasteiger charge is 2.21. The first kappa shape index (κ1) is 14.2. The zero-order chi connectivity index (χ0) is 14.7. The molecule has 2 aromatic rings. The minimum Gasteiger partial charge on any atom is -0.299 e. The highest BCUT2D eigenvalue weighted by molar-refractivity contribution is 5.08. The van der Waals surface area contributed by atoms with E-state index < -0.39 is 0 Å². The highest BCUT2D eigenvalue weighted by atomic mass is 15.3. The Morgan fingerprint density at radius 3 is 2.95 bits per heavy atom. The van der Waals surface area contributed by atoms with Gasteiger partial charge in [0.1, 0.15) is 11.6 Å². The minimum atomic E-state index is 0.662. The summed E-state index contributed by atoms with van der Waals surface area (Å²) in [6, 6.07) is 4.17. The predicted octanol–water partition coefficient (Wildman–Crippen LogP) is 2.20. The van der Waals surface area contributed by atoms with E-state index in [1.165, 1.54) is 24.9 Å². The van der Waals surface area contributed by atoms with E-state index in [2.05, 4.69) is 30.7 Å². The Kier molecular flexibility index (Phi) is 4.29. The molecule has 112 valence electrons. The van der Waals surface area contributed by atoms with Crippen molar-refractivity contribution >= 4 is 0 Å². The minimum absolute atomic E-state index is 0.662. The van der Waals surface area contributed by atoms with E-state index in [0.717, 1.165) is 31.3 Å². The number of piperidine rings is 1. The molecule has 0 aliphatic carbocycles. The van der Waals surface area contributed by atoms with Crippen molar-refractivity contribution in [3.05, 3.63) is 41.7 Å². The monoisotopic (exact) mass is 285 g/mol. The van der Waals surface area contributed by atoms with E-state index in [0.29, 0.717) is 5.92 Å². The largest absolute Gasteiger partial charge is 0.299 e. The summed E-state index contributed by atoms with van der Waals surface area (Å²) in [5, 5.41) is 4.49. The summed E-state index contributed by atoms with van der Waals surface area (Å²) in [6.45, 7) is 8.29. The topological polar surface area (TPSA) is 46.8 Å². The van der Waals surface area contributed by atoms with Crippen molar-refractivity contribution in [3.8, 4) is 0 Å². The smallest absolute Gasteiger partial charge is 0.147 e.